The maximum Gasteiger partial charge on any atom is 0.257 e. The summed E-state index contributed by atoms with van der Waals surface area (Å²) in [5, 5.41) is 3.41. The van der Waals surface area contributed by atoms with Crippen molar-refractivity contribution < 1.29 is 9.47 Å². The van der Waals surface area contributed by atoms with Gasteiger partial charge >= 0.3 is 0 Å². The Morgan fingerprint density at radius 1 is 1.19 bits per heavy atom. The lowest BCUT2D eigenvalue weighted by molar-refractivity contribution is 0.132. The molecule has 0 saturated carbocycles. The molecular formula is C17H20N2O2. The second kappa shape index (κ2) is 6.59. The highest BCUT2D eigenvalue weighted by Crippen LogP contribution is 2.34. The molecule has 0 spiro atoms. The van der Waals surface area contributed by atoms with Crippen LogP contribution in [-0.4, -0.2) is 25.2 Å². The van der Waals surface area contributed by atoms with Gasteiger partial charge in [0, 0.05) is 18.7 Å². The molecule has 2 aromatic rings. The molecule has 2 atom stereocenters. The Bertz CT molecular complexity index is 568. The van der Waals surface area contributed by atoms with Crippen molar-refractivity contribution in [3.8, 4) is 11.6 Å². The van der Waals surface area contributed by atoms with Crippen LogP contribution < -0.4 is 14.8 Å². The van der Waals surface area contributed by atoms with E-state index in [0.29, 0.717) is 17.5 Å². The molecule has 4 heteroatoms. The minimum atomic E-state index is -0.00926. The van der Waals surface area contributed by atoms with Gasteiger partial charge in [-0.25, -0.2) is 4.98 Å². The average molecular weight is 284 g/mol. The van der Waals surface area contributed by atoms with E-state index in [1.54, 1.807) is 13.3 Å². The summed E-state index contributed by atoms with van der Waals surface area (Å²) in [6.45, 7) is 2.01. The number of benzene rings is 1. The van der Waals surface area contributed by atoms with Crippen LogP contribution in [0.25, 0.3) is 0 Å². The lowest BCUT2D eigenvalue weighted by Crippen LogP contribution is -2.22. The highest BCUT2D eigenvalue weighted by Gasteiger charge is 2.29. The second-order valence-corrected chi connectivity index (χ2v) is 5.21. The monoisotopic (exact) mass is 284 g/mol. The molecule has 1 aliphatic heterocycles. The minimum Gasteiger partial charge on any atom is -0.491 e. The largest absolute Gasteiger partial charge is 0.491 e. The number of hydrogen-bond donors (Lipinski definition) is 1. The molecule has 4 nitrogen and oxygen atoms in total. The Balaban J connectivity index is 1.88. The van der Waals surface area contributed by atoms with Crippen LogP contribution in [0.2, 0.25) is 0 Å². The highest BCUT2D eigenvalue weighted by atomic mass is 16.5. The Labute approximate surface area is 125 Å². The first-order valence-electron chi connectivity index (χ1n) is 7.30. The predicted octanol–water partition coefficient (Wildman–Crippen LogP) is 2.82. The quantitative estimate of drug-likeness (QED) is 0.917. The topological polar surface area (TPSA) is 43.4 Å². The summed E-state index contributed by atoms with van der Waals surface area (Å²) in [6.07, 6.45) is 2.83. The van der Waals surface area contributed by atoms with Crippen molar-refractivity contribution >= 4 is 0 Å². The van der Waals surface area contributed by atoms with E-state index in [9.17, 15) is 0 Å². The van der Waals surface area contributed by atoms with Crippen LogP contribution >= 0.6 is 0 Å². The SMILES string of the molecule is COc1cccnc1O[C@H](c1ccccc1)[C@@H]1CCNC1. The summed E-state index contributed by atoms with van der Waals surface area (Å²) in [4.78, 5) is 4.32. The molecule has 1 fully saturated rings. The van der Waals surface area contributed by atoms with E-state index in [-0.39, 0.29) is 6.10 Å². The number of nitrogens with zero attached hydrogens (tertiary/aromatic N) is 1. The normalized spacial score (nSPS) is 19.2. The van der Waals surface area contributed by atoms with Gasteiger partial charge in [0.15, 0.2) is 5.75 Å². The number of hydrogen-bond acceptors (Lipinski definition) is 4. The van der Waals surface area contributed by atoms with Gasteiger partial charge in [-0.2, -0.15) is 0 Å². The van der Waals surface area contributed by atoms with Gasteiger partial charge in [0.1, 0.15) is 6.10 Å². The van der Waals surface area contributed by atoms with E-state index in [0.717, 1.165) is 19.5 Å². The zero-order chi connectivity index (χ0) is 14.5. The van der Waals surface area contributed by atoms with Crippen molar-refractivity contribution in [2.24, 2.45) is 5.92 Å². The fourth-order valence-corrected chi connectivity index (χ4v) is 2.75. The van der Waals surface area contributed by atoms with Crippen molar-refractivity contribution in [3.63, 3.8) is 0 Å². The second-order valence-electron chi connectivity index (χ2n) is 5.21. The van der Waals surface area contributed by atoms with Crippen LogP contribution in [0, 0.1) is 5.92 Å². The zero-order valence-corrected chi connectivity index (χ0v) is 12.2. The molecule has 1 N–H and O–H groups in total. The first-order valence-corrected chi connectivity index (χ1v) is 7.30. The maximum atomic E-state index is 6.23. The summed E-state index contributed by atoms with van der Waals surface area (Å²) >= 11 is 0. The number of aromatic nitrogens is 1. The molecule has 0 amide bonds. The van der Waals surface area contributed by atoms with Gasteiger partial charge in [-0.05, 0) is 30.7 Å². The summed E-state index contributed by atoms with van der Waals surface area (Å²) < 4.78 is 11.6. The third-order valence-corrected chi connectivity index (χ3v) is 3.85. The summed E-state index contributed by atoms with van der Waals surface area (Å²) in [6, 6.07) is 14.1. The van der Waals surface area contributed by atoms with Crippen molar-refractivity contribution in [1.82, 2.24) is 10.3 Å². The smallest absolute Gasteiger partial charge is 0.257 e. The summed E-state index contributed by atoms with van der Waals surface area (Å²) in [7, 11) is 1.64. The molecule has 1 aromatic heterocycles. The number of nitrogens with one attached hydrogen (secondary N) is 1. The van der Waals surface area contributed by atoms with Crippen LogP contribution in [0.3, 0.4) is 0 Å². The zero-order valence-electron chi connectivity index (χ0n) is 12.2. The first-order chi connectivity index (χ1) is 10.4. The Hall–Kier alpha value is -2.07. The number of pyridine rings is 1. The number of rotatable bonds is 5. The van der Waals surface area contributed by atoms with Crippen LogP contribution in [0.4, 0.5) is 0 Å². The molecule has 1 saturated heterocycles. The van der Waals surface area contributed by atoms with Gasteiger partial charge in [0.2, 0.25) is 0 Å². The molecule has 0 radical (unpaired) electrons. The van der Waals surface area contributed by atoms with Crippen LogP contribution in [0.5, 0.6) is 11.6 Å². The van der Waals surface area contributed by atoms with Crippen LogP contribution in [-0.2, 0) is 0 Å². The fraction of sp³-hybridized carbons (Fsp3) is 0.353. The van der Waals surface area contributed by atoms with E-state index in [4.69, 9.17) is 9.47 Å². The minimum absolute atomic E-state index is 0.00926. The van der Waals surface area contributed by atoms with E-state index >= 15 is 0 Å². The predicted molar refractivity (Wildman–Crippen MR) is 81.6 cm³/mol. The first kappa shape index (κ1) is 13.9. The summed E-state index contributed by atoms with van der Waals surface area (Å²) in [5.74, 6) is 1.67. The lowest BCUT2D eigenvalue weighted by atomic mass is 9.95. The van der Waals surface area contributed by atoms with Crippen molar-refractivity contribution in [2.75, 3.05) is 20.2 Å². The Morgan fingerprint density at radius 3 is 2.76 bits per heavy atom. The Morgan fingerprint density at radius 2 is 2.05 bits per heavy atom. The van der Waals surface area contributed by atoms with E-state index in [2.05, 4.69) is 22.4 Å². The van der Waals surface area contributed by atoms with Crippen LogP contribution in [0.1, 0.15) is 18.1 Å². The molecule has 21 heavy (non-hydrogen) atoms. The standard InChI is InChI=1S/C17H20N2O2/c1-20-15-8-5-10-19-17(15)21-16(14-9-11-18-12-14)13-6-3-2-4-7-13/h2-8,10,14,16,18H,9,11-12H2,1H3/t14-,16-/m1/s1. The van der Waals surface area contributed by atoms with Crippen molar-refractivity contribution in [1.29, 1.82) is 0 Å². The lowest BCUT2D eigenvalue weighted by Gasteiger charge is -2.25. The van der Waals surface area contributed by atoms with Gasteiger partial charge in [0.25, 0.3) is 5.88 Å². The van der Waals surface area contributed by atoms with E-state index in [1.807, 2.05) is 30.3 Å². The van der Waals surface area contributed by atoms with Gasteiger partial charge in [-0.15, -0.1) is 0 Å². The maximum absolute atomic E-state index is 6.23. The third-order valence-electron chi connectivity index (χ3n) is 3.85. The molecule has 110 valence electrons. The van der Waals surface area contributed by atoms with Crippen LogP contribution in [0.15, 0.2) is 48.7 Å². The van der Waals surface area contributed by atoms with Gasteiger partial charge < -0.3 is 14.8 Å². The summed E-state index contributed by atoms with van der Waals surface area (Å²) in [5.41, 5.74) is 1.18. The molecule has 3 rings (SSSR count). The number of ether oxygens (including phenoxy) is 2. The van der Waals surface area contributed by atoms with Gasteiger partial charge in [-0.1, -0.05) is 30.3 Å². The van der Waals surface area contributed by atoms with Gasteiger partial charge in [-0.3, -0.25) is 0 Å². The highest BCUT2D eigenvalue weighted by molar-refractivity contribution is 5.33. The average Bonchev–Trinajstić information content (AvgIpc) is 3.08. The number of methoxy groups -OCH3 is 1. The molecule has 1 aromatic carbocycles. The fourth-order valence-electron chi connectivity index (χ4n) is 2.75. The van der Waals surface area contributed by atoms with Crippen molar-refractivity contribution in [2.45, 2.75) is 12.5 Å². The molecule has 1 aliphatic rings. The third kappa shape index (κ3) is 3.16. The molecule has 0 unspecified atom stereocenters. The molecule has 2 heterocycles. The molecule has 0 bridgehead atoms. The van der Waals surface area contributed by atoms with Gasteiger partial charge in [0.05, 0.1) is 7.11 Å². The molecular weight excluding hydrogens is 264 g/mol. The van der Waals surface area contributed by atoms with E-state index < -0.39 is 0 Å². The van der Waals surface area contributed by atoms with Crippen molar-refractivity contribution in [3.05, 3.63) is 54.2 Å². The molecule has 0 aliphatic carbocycles. The Kier molecular flexibility index (Phi) is 4.36. The van der Waals surface area contributed by atoms with E-state index in [1.165, 1.54) is 5.56 Å².